The van der Waals surface area contributed by atoms with Gasteiger partial charge in [-0.15, -0.1) is 0 Å². The molecule has 0 radical (unpaired) electrons. The first kappa shape index (κ1) is 22.8. The van der Waals surface area contributed by atoms with Crippen LogP contribution in [-0.2, 0) is 11.2 Å². The van der Waals surface area contributed by atoms with Gasteiger partial charge in [0.2, 0.25) is 5.91 Å². The highest BCUT2D eigenvalue weighted by molar-refractivity contribution is 5.85. The smallest absolute Gasteiger partial charge is 0.244 e. The van der Waals surface area contributed by atoms with Crippen LogP contribution >= 0.6 is 0 Å². The van der Waals surface area contributed by atoms with E-state index in [0.29, 0.717) is 11.5 Å². The van der Waals surface area contributed by atoms with Crippen LogP contribution < -0.4 is 15.1 Å². The van der Waals surface area contributed by atoms with Gasteiger partial charge in [0.05, 0.1) is 19.7 Å². The van der Waals surface area contributed by atoms with Gasteiger partial charge in [0.15, 0.2) is 0 Å². The van der Waals surface area contributed by atoms with Crippen molar-refractivity contribution in [3.05, 3.63) is 58.9 Å². The molecular formula is C25H32FN3O2. The van der Waals surface area contributed by atoms with Crippen molar-refractivity contribution in [2.24, 2.45) is 5.10 Å². The number of fused-ring (bicyclic) bond motifs is 1. The summed E-state index contributed by atoms with van der Waals surface area (Å²) in [4.78, 5) is 14.5. The fourth-order valence-electron chi connectivity index (χ4n) is 4.41. The second-order valence-corrected chi connectivity index (χ2v) is 8.82. The summed E-state index contributed by atoms with van der Waals surface area (Å²) in [5, 5.41) is 3.99. The summed E-state index contributed by atoms with van der Waals surface area (Å²) in [5.41, 5.74) is 5.79. The van der Waals surface area contributed by atoms with Gasteiger partial charge >= 0.3 is 0 Å². The van der Waals surface area contributed by atoms with E-state index in [-0.39, 0.29) is 23.7 Å². The fourth-order valence-corrected chi connectivity index (χ4v) is 4.41. The zero-order valence-electron chi connectivity index (χ0n) is 19.0. The van der Waals surface area contributed by atoms with E-state index in [9.17, 15) is 9.18 Å². The number of nitrogens with one attached hydrogen (secondary N) is 1. The van der Waals surface area contributed by atoms with Gasteiger partial charge in [0.25, 0.3) is 0 Å². The lowest BCUT2D eigenvalue weighted by Crippen LogP contribution is -2.48. The number of ether oxygens (including phenoxy) is 1. The van der Waals surface area contributed by atoms with Gasteiger partial charge in [0, 0.05) is 23.3 Å². The molecule has 0 fully saturated rings. The van der Waals surface area contributed by atoms with Gasteiger partial charge in [-0.1, -0.05) is 26.0 Å². The van der Waals surface area contributed by atoms with Crippen molar-refractivity contribution in [1.82, 2.24) is 5.43 Å². The van der Waals surface area contributed by atoms with Crippen molar-refractivity contribution < 1.29 is 13.9 Å². The van der Waals surface area contributed by atoms with Crippen LogP contribution in [0.4, 0.5) is 10.1 Å². The highest BCUT2D eigenvalue weighted by atomic mass is 19.1. The predicted octanol–water partition coefficient (Wildman–Crippen LogP) is 5.03. The first-order valence-corrected chi connectivity index (χ1v) is 10.8. The van der Waals surface area contributed by atoms with Crippen LogP contribution in [-0.4, -0.2) is 31.3 Å². The van der Waals surface area contributed by atoms with Gasteiger partial charge in [-0.25, -0.2) is 9.82 Å². The number of carbonyl (C=O) groups excluding carboxylic acids is 1. The lowest BCUT2D eigenvalue weighted by atomic mass is 9.79. The van der Waals surface area contributed by atoms with Gasteiger partial charge in [-0.3, -0.25) is 4.79 Å². The molecule has 1 atom stereocenters. The van der Waals surface area contributed by atoms with Crippen LogP contribution in [0.3, 0.4) is 0 Å². The van der Waals surface area contributed by atoms with Crippen molar-refractivity contribution in [3.63, 3.8) is 0 Å². The molecule has 1 aliphatic rings. The minimum absolute atomic E-state index is 0.0140. The Hall–Kier alpha value is -2.89. The summed E-state index contributed by atoms with van der Waals surface area (Å²) in [6, 6.07) is 10.7. The van der Waals surface area contributed by atoms with Crippen LogP contribution in [0.25, 0.3) is 0 Å². The number of carbonyl (C=O) groups is 1. The molecule has 0 saturated heterocycles. The second kappa shape index (κ2) is 9.50. The number of anilines is 1. The molecule has 166 valence electrons. The van der Waals surface area contributed by atoms with E-state index in [0.717, 1.165) is 42.0 Å². The summed E-state index contributed by atoms with van der Waals surface area (Å²) in [6.07, 6.45) is 3.58. The highest BCUT2D eigenvalue weighted by Crippen LogP contribution is 2.44. The topological polar surface area (TPSA) is 53.9 Å². The molecule has 0 saturated carbocycles. The number of nitrogens with zero attached hydrogens (tertiary/aromatic N) is 2. The van der Waals surface area contributed by atoms with E-state index in [1.54, 1.807) is 25.3 Å². The van der Waals surface area contributed by atoms with Gasteiger partial charge in [-0.05, 0) is 68.0 Å². The molecule has 0 aromatic heterocycles. The molecule has 6 heteroatoms. The Morgan fingerprint density at radius 3 is 2.68 bits per heavy atom. The van der Waals surface area contributed by atoms with Crippen LogP contribution in [0, 0.1) is 5.82 Å². The number of hydrogen-bond acceptors (Lipinski definition) is 4. The van der Waals surface area contributed by atoms with Crippen LogP contribution in [0.5, 0.6) is 5.75 Å². The first-order valence-electron chi connectivity index (χ1n) is 10.8. The Labute approximate surface area is 184 Å². The second-order valence-electron chi connectivity index (χ2n) is 8.82. The SMILES string of the molecule is CCCN1c2cc(F)c(/C=N/NC(=O)Cc3ccc(OC)cc3)cc2C(C)CC1(C)C. The summed E-state index contributed by atoms with van der Waals surface area (Å²) in [5.74, 6) is 0.456. The van der Waals surface area contributed by atoms with Crippen molar-refractivity contribution >= 4 is 17.8 Å². The molecule has 0 bridgehead atoms. The van der Waals surface area contributed by atoms with Crippen LogP contribution in [0.15, 0.2) is 41.5 Å². The fraction of sp³-hybridized carbons (Fsp3) is 0.440. The molecule has 0 spiro atoms. The first-order chi connectivity index (χ1) is 14.7. The average Bonchev–Trinajstić information content (AvgIpc) is 2.72. The highest BCUT2D eigenvalue weighted by Gasteiger charge is 2.36. The van der Waals surface area contributed by atoms with E-state index in [1.807, 2.05) is 18.2 Å². The molecule has 2 aromatic rings. The molecule has 3 rings (SSSR count). The largest absolute Gasteiger partial charge is 0.497 e. The molecule has 5 nitrogen and oxygen atoms in total. The zero-order chi connectivity index (χ0) is 22.6. The predicted molar refractivity (Wildman–Crippen MR) is 124 cm³/mol. The van der Waals surface area contributed by atoms with E-state index in [2.05, 4.69) is 43.1 Å². The van der Waals surface area contributed by atoms with Gasteiger partial charge in [0.1, 0.15) is 11.6 Å². The third-order valence-corrected chi connectivity index (χ3v) is 5.87. The third-order valence-electron chi connectivity index (χ3n) is 5.87. The number of rotatable bonds is 7. The van der Waals surface area contributed by atoms with Gasteiger partial charge < -0.3 is 9.64 Å². The maximum Gasteiger partial charge on any atom is 0.244 e. The minimum atomic E-state index is -0.335. The molecular weight excluding hydrogens is 393 g/mol. The number of methoxy groups -OCH3 is 1. The maximum absolute atomic E-state index is 14.9. The molecule has 1 amide bonds. The van der Waals surface area contributed by atoms with Crippen molar-refractivity contribution in [1.29, 1.82) is 0 Å². The van der Waals surface area contributed by atoms with Gasteiger partial charge in [-0.2, -0.15) is 5.10 Å². The van der Waals surface area contributed by atoms with E-state index in [1.165, 1.54) is 6.21 Å². The Morgan fingerprint density at radius 2 is 2.03 bits per heavy atom. The van der Waals surface area contributed by atoms with Crippen molar-refractivity contribution in [2.45, 2.75) is 58.4 Å². The molecule has 1 N–H and O–H groups in total. The number of hydrazone groups is 1. The number of amides is 1. The maximum atomic E-state index is 14.9. The Morgan fingerprint density at radius 1 is 1.32 bits per heavy atom. The molecule has 2 aromatic carbocycles. The minimum Gasteiger partial charge on any atom is -0.497 e. The summed E-state index contributed by atoms with van der Waals surface area (Å²) in [7, 11) is 1.60. The molecule has 31 heavy (non-hydrogen) atoms. The molecule has 1 unspecified atom stereocenters. The zero-order valence-corrected chi connectivity index (χ0v) is 19.0. The Balaban J connectivity index is 1.72. The Bertz CT molecular complexity index is 954. The van der Waals surface area contributed by atoms with E-state index < -0.39 is 0 Å². The molecule has 1 aliphatic heterocycles. The summed E-state index contributed by atoms with van der Waals surface area (Å²) in [6.45, 7) is 9.64. The van der Waals surface area contributed by atoms with E-state index >= 15 is 0 Å². The van der Waals surface area contributed by atoms with Crippen molar-refractivity contribution in [2.75, 3.05) is 18.6 Å². The average molecular weight is 426 g/mol. The van der Waals surface area contributed by atoms with Crippen molar-refractivity contribution in [3.8, 4) is 5.75 Å². The van der Waals surface area contributed by atoms with Crippen LogP contribution in [0.2, 0.25) is 0 Å². The lowest BCUT2D eigenvalue weighted by molar-refractivity contribution is -0.120. The normalized spacial score (nSPS) is 17.5. The van der Waals surface area contributed by atoms with E-state index in [4.69, 9.17) is 4.74 Å². The standard InChI is InChI=1S/C25H32FN3O2/c1-6-11-29-23-14-22(26)19(13-21(23)17(2)15-25(29,3)4)16-27-28-24(30)12-18-7-9-20(31-5)10-8-18/h7-10,13-14,16-17H,6,11-12,15H2,1-5H3,(H,28,30)/b27-16+. The number of benzene rings is 2. The summed E-state index contributed by atoms with van der Waals surface area (Å²) >= 11 is 0. The summed E-state index contributed by atoms with van der Waals surface area (Å²) < 4.78 is 20.0. The lowest BCUT2D eigenvalue weighted by Gasteiger charge is -2.47. The number of halogens is 1. The molecule has 1 heterocycles. The number of hydrogen-bond donors (Lipinski definition) is 1. The Kier molecular flexibility index (Phi) is 6.98. The third kappa shape index (κ3) is 5.24. The monoisotopic (exact) mass is 425 g/mol. The molecule has 0 aliphatic carbocycles. The van der Waals surface area contributed by atoms with Crippen LogP contribution in [0.1, 0.15) is 63.1 Å². The quantitative estimate of drug-likeness (QED) is 0.500.